The average Bonchev–Trinajstić information content (AvgIpc) is 2.98. The fourth-order valence-electron chi connectivity index (χ4n) is 3.26. The van der Waals surface area contributed by atoms with Crippen molar-refractivity contribution in [3.63, 3.8) is 0 Å². The highest BCUT2D eigenvalue weighted by Gasteiger charge is 2.40. The van der Waals surface area contributed by atoms with Crippen molar-refractivity contribution in [3.05, 3.63) is 12.2 Å². The van der Waals surface area contributed by atoms with E-state index in [2.05, 4.69) is 19.1 Å². The molecule has 1 fully saturated rings. The van der Waals surface area contributed by atoms with E-state index < -0.39 is 24.4 Å². The standard InChI is InChI=1S/C21H40O5/c1-2-3-4-5-6-7-8-9-10-11-12-13-14-15-25-19(16-22)21-20(24)18(23)17-26-21/h7-8,18-24H,2-6,9-17H2,1H3/b8-7+/t18-,19+,20+,21+/m1/s1. The van der Waals surface area contributed by atoms with Crippen molar-refractivity contribution in [1.82, 2.24) is 0 Å². The van der Waals surface area contributed by atoms with Gasteiger partial charge in [-0.3, -0.25) is 0 Å². The van der Waals surface area contributed by atoms with Gasteiger partial charge in [0.2, 0.25) is 0 Å². The number of aliphatic hydroxyl groups excluding tert-OH is 3. The normalized spacial score (nSPS) is 24.5. The molecule has 5 nitrogen and oxygen atoms in total. The summed E-state index contributed by atoms with van der Waals surface area (Å²) in [6.45, 7) is 2.68. The van der Waals surface area contributed by atoms with Crippen LogP contribution in [0.4, 0.5) is 0 Å². The SMILES string of the molecule is CCCCCC/C=C/CCCCCCCO[C@@H](CO)[C@@H]1OC[C@@H](O)[C@@H]1O. The van der Waals surface area contributed by atoms with Crippen LogP contribution in [0.1, 0.15) is 77.6 Å². The second kappa shape index (κ2) is 15.6. The topological polar surface area (TPSA) is 79.2 Å². The molecule has 1 rings (SSSR count). The molecule has 0 aromatic heterocycles. The van der Waals surface area contributed by atoms with Crippen molar-refractivity contribution in [2.75, 3.05) is 19.8 Å². The predicted molar refractivity (Wildman–Crippen MR) is 104 cm³/mol. The summed E-state index contributed by atoms with van der Waals surface area (Å²) >= 11 is 0. The second-order valence-corrected chi connectivity index (χ2v) is 7.32. The Balaban J connectivity index is 1.92. The van der Waals surface area contributed by atoms with E-state index in [1.54, 1.807) is 0 Å². The lowest BCUT2D eigenvalue weighted by molar-refractivity contribution is -0.101. The van der Waals surface area contributed by atoms with Crippen molar-refractivity contribution >= 4 is 0 Å². The second-order valence-electron chi connectivity index (χ2n) is 7.32. The van der Waals surface area contributed by atoms with Crippen LogP contribution in [0.2, 0.25) is 0 Å². The number of ether oxygens (including phenoxy) is 2. The van der Waals surface area contributed by atoms with Crippen molar-refractivity contribution in [2.24, 2.45) is 0 Å². The summed E-state index contributed by atoms with van der Waals surface area (Å²) in [5.41, 5.74) is 0. The van der Waals surface area contributed by atoms with Crippen molar-refractivity contribution < 1.29 is 24.8 Å². The molecule has 0 amide bonds. The zero-order valence-electron chi connectivity index (χ0n) is 16.5. The number of aliphatic hydroxyl groups is 3. The Hall–Kier alpha value is -0.460. The Bertz CT molecular complexity index is 347. The van der Waals surface area contributed by atoms with Crippen LogP contribution in [0.5, 0.6) is 0 Å². The van der Waals surface area contributed by atoms with E-state index in [0.717, 1.165) is 12.8 Å². The van der Waals surface area contributed by atoms with Crippen molar-refractivity contribution in [2.45, 2.75) is 102 Å². The minimum Gasteiger partial charge on any atom is -0.394 e. The molecule has 1 aliphatic heterocycles. The van der Waals surface area contributed by atoms with E-state index in [1.807, 2.05) is 0 Å². The molecule has 0 unspecified atom stereocenters. The lowest BCUT2D eigenvalue weighted by atomic mass is 10.1. The minimum absolute atomic E-state index is 0.0961. The third-order valence-corrected chi connectivity index (χ3v) is 4.97. The first-order valence-corrected chi connectivity index (χ1v) is 10.6. The monoisotopic (exact) mass is 372 g/mol. The predicted octanol–water partition coefficient (Wildman–Crippen LogP) is 3.35. The molecular formula is C21H40O5. The van der Waals surface area contributed by atoms with Gasteiger partial charge in [0.15, 0.2) is 0 Å². The maximum absolute atomic E-state index is 9.80. The summed E-state index contributed by atoms with van der Waals surface area (Å²) in [5, 5.41) is 28.7. The summed E-state index contributed by atoms with van der Waals surface area (Å²) in [6, 6.07) is 0. The molecule has 0 radical (unpaired) electrons. The molecule has 154 valence electrons. The average molecular weight is 373 g/mol. The van der Waals surface area contributed by atoms with Crippen LogP contribution in [0.3, 0.4) is 0 Å². The van der Waals surface area contributed by atoms with Gasteiger partial charge in [0, 0.05) is 6.61 Å². The van der Waals surface area contributed by atoms with Crippen LogP contribution in [0, 0.1) is 0 Å². The van der Waals surface area contributed by atoms with Crippen LogP contribution in [0.25, 0.3) is 0 Å². The fraction of sp³-hybridized carbons (Fsp3) is 0.905. The van der Waals surface area contributed by atoms with Crippen LogP contribution < -0.4 is 0 Å². The van der Waals surface area contributed by atoms with Gasteiger partial charge in [-0.15, -0.1) is 0 Å². The Kier molecular flexibility index (Phi) is 14.1. The fourth-order valence-corrected chi connectivity index (χ4v) is 3.26. The van der Waals surface area contributed by atoms with E-state index in [-0.39, 0.29) is 13.2 Å². The number of unbranched alkanes of at least 4 members (excludes halogenated alkanes) is 9. The van der Waals surface area contributed by atoms with Crippen molar-refractivity contribution in [1.29, 1.82) is 0 Å². The van der Waals surface area contributed by atoms with Crippen LogP contribution in [0.15, 0.2) is 12.2 Å². The molecule has 5 heteroatoms. The maximum Gasteiger partial charge on any atom is 0.114 e. The lowest BCUT2D eigenvalue weighted by Gasteiger charge is -2.24. The number of rotatable bonds is 16. The van der Waals surface area contributed by atoms with Gasteiger partial charge in [-0.1, -0.05) is 57.6 Å². The highest BCUT2D eigenvalue weighted by atomic mass is 16.6. The summed E-state index contributed by atoms with van der Waals surface area (Å²) in [5.74, 6) is 0. The first kappa shape index (κ1) is 23.6. The molecule has 0 aromatic rings. The van der Waals surface area contributed by atoms with Gasteiger partial charge in [-0.2, -0.15) is 0 Å². The molecule has 3 N–H and O–H groups in total. The number of allylic oxidation sites excluding steroid dienone is 2. The van der Waals surface area contributed by atoms with Crippen LogP contribution in [-0.4, -0.2) is 59.6 Å². The van der Waals surface area contributed by atoms with E-state index >= 15 is 0 Å². The zero-order chi connectivity index (χ0) is 19.0. The summed E-state index contributed by atoms with van der Waals surface area (Å²) < 4.78 is 10.9. The Morgan fingerprint density at radius 1 is 0.962 bits per heavy atom. The molecule has 0 bridgehead atoms. The third kappa shape index (κ3) is 10.0. The largest absolute Gasteiger partial charge is 0.394 e. The highest BCUT2D eigenvalue weighted by Crippen LogP contribution is 2.20. The molecule has 0 saturated carbocycles. The van der Waals surface area contributed by atoms with Gasteiger partial charge in [-0.05, 0) is 32.1 Å². The Morgan fingerprint density at radius 2 is 1.58 bits per heavy atom. The molecule has 1 saturated heterocycles. The van der Waals surface area contributed by atoms with Gasteiger partial charge in [0.25, 0.3) is 0 Å². The van der Waals surface area contributed by atoms with Crippen LogP contribution in [-0.2, 0) is 9.47 Å². The Labute approximate surface area is 159 Å². The summed E-state index contributed by atoms with van der Waals surface area (Å²) in [4.78, 5) is 0. The lowest BCUT2D eigenvalue weighted by Crippen LogP contribution is -2.42. The first-order chi connectivity index (χ1) is 12.7. The molecule has 0 spiro atoms. The molecule has 26 heavy (non-hydrogen) atoms. The zero-order valence-corrected chi connectivity index (χ0v) is 16.5. The molecule has 1 aliphatic rings. The summed E-state index contributed by atoms with van der Waals surface area (Å²) in [6.07, 6.45) is 15.0. The van der Waals surface area contributed by atoms with Gasteiger partial charge >= 0.3 is 0 Å². The van der Waals surface area contributed by atoms with E-state index in [0.29, 0.717) is 6.61 Å². The van der Waals surface area contributed by atoms with Crippen molar-refractivity contribution in [3.8, 4) is 0 Å². The minimum atomic E-state index is -0.980. The first-order valence-electron chi connectivity index (χ1n) is 10.6. The van der Waals surface area contributed by atoms with Gasteiger partial charge in [0.1, 0.15) is 24.4 Å². The maximum atomic E-state index is 9.80. The molecule has 4 atom stereocenters. The molecule has 1 heterocycles. The third-order valence-electron chi connectivity index (χ3n) is 4.97. The quantitative estimate of drug-likeness (QED) is 0.286. The van der Waals surface area contributed by atoms with E-state index in [1.165, 1.54) is 57.8 Å². The highest BCUT2D eigenvalue weighted by molar-refractivity contribution is 4.88. The van der Waals surface area contributed by atoms with E-state index in [4.69, 9.17) is 9.47 Å². The number of hydrogen-bond acceptors (Lipinski definition) is 5. The smallest absolute Gasteiger partial charge is 0.114 e. The van der Waals surface area contributed by atoms with Gasteiger partial charge in [-0.25, -0.2) is 0 Å². The van der Waals surface area contributed by atoms with Gasteiger partial charge in [0.05, 0.1) is 13.2 Å². The van der Waals surface area contributed by atoms with Crippen LogP contribution >= 0.6 is 0 Å². The summed E-state index contributed by atoms with van der Waals surface area (Å²) in [7, 11) is 0. The Morgan fingerprint density at radius 3 is 2.15 bits per heavy atom. The molecular weight excluding hydrogens is 332 g/mol. The number of hydrogen-bond donors (Lipinski definition) is 3. The molecule has 0 aliphatic carbocycles. The van der Waals surface area contributed by atoms with E-state index in [9.17, 15) is 15.3 Å². The molecule has 0 aromatic carbocycles. The van der Waals surface area contributed by atoms with Gasteiger partial charge < -0.3 is 24.8 Å².